The van der Waals surface area contributed by atoms with Crippen molar-refractivity contribution in [1.29, 1.82) is 0 Å². The van der Waals surface area contributed by atoms with Gasteiger partial charge in [-0.3, -0.25) is 9.69 Å². The van der Waals surface area contributed by atoms with Gasteiger partial charge in [-0.15, -0.1) is 0 Å². The number of benzene rings is 2. The highest BCUT2D eigenvalue weighted by Crippen LogP contribution is 2.31. The molecule has 2 aromatic heterocycles. The van der Waals surface area contributed by atoms with Crippen LogP contribution in [0.2, 0.25) is 5.02 Å². The first kappa shape index (κ1) is 20.9. The van der Waals surface area contributed by atoms with Crippen LogP contribution < -0.4 is 15.8 Å². The number of carbonyl (C=O) groups is 1. The van der Waals surface area contributed by atoms with E-state index in [1.54, 1.807) is 29.5 Å². The second kappa shape index (κ2) is 8.90. The van der Waals surface area contributed by atoms with Gasteiger partial charge in [-0.05, 0) is 30.3 Å². The Morgan fingerprint density at radius 2 is 1.94 bits per heavy atom. The molecular weight excluding hydrogens is 448 g/mol. The quantitative estimate of drug-likeness (QED) is 0.451. The van der Waals surface area contributed by atoms with Crippen LogP contribution in [-0.2, 0) is 0 Å². The Hall–Kier alpha value is -2.94. The van der Waals surface area contributed by atoms with Crippen LogP contribution in [0.5, 0.6) is 0 Å². The summed E-state index contributed by atoms with van der Waals surface area (Å²) < 4.78 is 6.34. The molecule has 0 radical (unpaired) electrons. The van der Waals surface area contributed by atoms with Gasteiger partial charge in [0.15, 0.2) is 5.13 Å². The van der Waals surface area contributed by atoms with Crippen molar-refractivity contribution < 1.29 is 9.21 Å². The van der Waals surface area contributed by atoms with Crippen LogP contribution in [0.3, 0.4) is 0 Å². The molecule has 9 heteroatoms. The van der Waals surface area contributed by atoms with Crippen molar-refractivity contribution in [3.8, 4) is 0 Å². The molecule has 4 aromatic rings. The molecule has 1 amide bonds. The maximum atomic E-state index is 12.5. The minimum atomic E-state index is -0.619. The van der Waals surface area contributed by atoms with Crippen LogP contribution >= 0.6 is 22.9 Å². The fourth-order valence-corrected chi connectivity index (χ4v) is 5.12. The van der Waals surface area contributed by atoms with E-state index in [0.717, 1.165) is 51.9 Å². The van der Waals surface area contributed by atoms with Crippen molar-refractivity contribution in [2.75, 3.05) is 44.2 Å². The molecule has 164 valence electrons. The second-order valence-electron chi connectivity index (χ2n) is 7.68. The zero-order valence-electron chi connectivity index (χ0n) is 17.2. The molecule has 0 spiro atoms. The molecule has 32 heavy (non-hydrogen) atoms. The van der Waals surface area contributed by atoms with Crippen LogP contribution in [-0.4, -0.2) is 55.1 Å². The van der Waals surface area contributed by atoms with Crippen LogP contribution in [0.1, 0.15) is 10.4 Å². The fourth-order valence-electron chi connectivity index (χ4n) is 3.83. The van der Waals surface area contributed by atoms with E-state index in [2.05, 4.69) is 15.1 Å². The molecule has 7 nitrogen and oxygen atoms in total. The van der Waals surface area contributed by atoms with Gasteiger partial charge in [0.2, 0.25) is 0 Å². The predicted molar refractivity (Wildman–Crippen MR) is 128 cm³/mol. The minimum Gasteiger partial charge on any atom is -0.422 e. The summed E-state index contributed by atoms with van der Waals surface area (Å²) in [4.78, 5) is 33.9. The van der Waals surface area contributed by atoms with E-state index in [1.807, 2.05) is 30.3 Å². The van der Waals surface area contributed by atoms with Crippen molar-refractivity contribution in [2.24, 2.45) is 0 Å². The highest BCUT2D eigenvalue weighted by molar-refractivity contribution is 7.22. The van der Waals surface area contributed by atoms with E-state index in [4.69, 9.17) is 21.0 Å². The Kier molecular flexibility index (Phi) is 5.82. The van der Waals surface area contributed by atoms with Gasteiger partial charge in [0, 0.05) is 49.7 Å². The molecule has 5 rings (SSSR count). The molecular formula is C23H21ClN4O3S. The molecule has 0 bridgehead atoms. The minimum absolute atomic E-state index is 0.0319. The Balaban J connectivity index is 1.14. The first-order valence-corrected chi connectivity index (χ1v) is 11.6. The SMILES string of the molecule is O=C(NCCN1CCN(c2nc3ccc(Cl)cc3s2)CC1)c1cc2ccccc2oc1=O. The van der Waals surface area contributed by atoms with E-state index in [-0.39, 0.29) is 5.56 Å². The van der Waals surface area contributed by atoms with Gasteiger partial charge in [-0.25, -0.2) is 9.78 Å². The number of halogens is 1. The summed E-state index contributed by atoms with van der Waals surface area (Å²) in [6.45, 7) is 4.68. The number of thiazole rings is 1. The zero-order valence-corrected chi connectivity index (χ0v) is 18.8. The molecule has 0 unspecified atom stereocenters. The van der Waals surface area contributed by atoms with Gasteiger partial charge in [0.05, 0.1) is 10.2 Å². The van der Waals surface area contributed by atoms with Gasteiger partial charge in [0.1, 0.15) is 11.1 Å². The number of para-hydroxylation sites is 1. The summed E-state index contributed by atoms with van der Waals surface area (Å²) in [5.74, 6) is -0.406. The van der Waals surface area contributed by atoms with E-state index in [0.29, 0.717) is 18.7 Å². The summed E-state index contributed by atoms with van der Waals surface area (Å²) in [6.07, 6.45) is 0. The lowest BCUT2D eigenvalue weighted by atomic mass is 10.2. The summed E-state index contributed by atoms with van der Waals surface area (Å²) in [5, 5.41) is 5.30. The largest absolute Gasteiger partial charge is 0.422 e. The van der Waals surface area contributed by atoms with E-state index in [9.17, 15) is 9.59 Å². The van der Waals surface area contributed by atoms with Crippen molar-refractivity contribution in [3.05, 3.63) is 69.5 Å². The Morgan fingerprint density at radius 3 is 2.78 bits per heavy atom. The number of carbonyl (C=O) groups excluding carboxylic acids is 1. The normalized spacial score (nSPS) is 14.8. The average molecular weight is 469 g/mol. The maximum Gasteiger partial charge on any atom is 0.349 e. The molecule has 1 aliphatic rings. The van der Waals surface area contributed by atoms with Gasteiger partial charge < -0.3 is 14.6 Å². The molecule has 0 atom stereocenters. The number of nitrogens with one attached hydrogen (secondary N) is 1. The molecule has 1 N–H and O–H groups in total. The predicted octanol–water partition coefficient (Wildman–Crippen LogP) is 3.61. The lowest BCUT2D eigenvalue weighted by Gasteiger charge is -2.34. The number of piperazine rings is 1. The van der Waals surface area contributed by atoms with E-state index < -0.39 is 11.5 Å². The second-order valence-corrected chi connectivity index (χ2v) is 9.12. The smallest absolute Gasteiger partial charge is 0.349 e. The third-order valence-corrected chi connectivity index (χ3v) is 6.90. The fraction of sp³-hybridized carbons (Fsp3) is 0.261. The highest BCUT2D eigenvalue weighted by atomic mass is 35.5. The number of hydrogen-bond acceptors (Lipinski definition) is 7. The first-order valence-electron chi connectivity index (χ1n) is 10.4. The summed E-state index contributed by atoms with van der Waals surface area (Å²) in [6, 6.07) is 14.5. The molecule has 0 aliphatic carbocycles. The molecule has 0 saturated carbocycles. The zero-order chi connectivity index (χ0) is 22.1. The van der Waals surface area contributed by atoms with Crippen LogP contribution in [0.4, 0.5) is 5.13 Å². The number of fused-ring (bicyclic) bond motifs is 2. The maximum absolute atomic E-state index is 12.5. The van der Waals surface area contributed by atoms with Gasteiger partial charge >= 0.3 is 5.63 Å². The highest BCUT2D eigenvalue weighted by Gasteiger charge is 2.20. The van der Waals surface area contributed by atoms with Crippen molar-refractivity contribution in [2.45, 2.75) is 0 Å². The van der Waals surface area contributed by atoms with Gasteiger partial charge in [-0.2, -0.15) is 0 Å². The molecule has 1 aliphatic heterocycles. The molecule has 1 fully saturated rings. The molecule has 2 aromatic carbocycles. The monoisotopic (exact) mass is 468 g/mol. The van der Waals surface area contributed by atoms with Crippen molar-refractivity contribution in [3.63, 3.8) is 0 Å². The number of nitrogens with zero attached hydrogens (tertiary/aromatic N) is 3. The van der Waals surface area contributed by atoms with E-state index in [1.165, 1.54) is 0 Å². The number of anilines is 1. The number of aromatic nitrogens is 1. The summed E-state index contributed by atoms with van der Waals surface area (Å²) in [5.41, 5.74) is 0.859. The standard InChI is InChI=1S/C23H21ClN4O3S/c24-16-5-6-18-20(14-16)32-23(26-18)28-11-9-27(10-12-28)8-7-25-21(29)17-13-15-3-1-2-4-19(15)31-22(17)30/h1-6,13-14H,7-12H2,(H,25,29). The third kappa shape index (κ3) is 4.34. The number of rotatable bonds is 5. The number of hydrogen-bond donors (Lipinski definition) is 1. The first-order chi connectivity index (χ1) is 15.6. The average Bonchev–Trinajstić information content (AvgIpc) is 3.22. The molecule has 1 saturated heterocycles. The van der Waals surface area contributed by atoms with Gasteiger partial charge in [0.25, 0.3) is 5.91 Å². The van der Waals surface area contributed by atoms with Crippen LogP contribution in [0.25, 0.3) is 21.2 Å². The van der Waals surface area contributed by atoms with Crippen LogP contribution in [0.15, 0.2) is 57.7 Å². The topological polar surface area (TPSA) is 78.7 Å². The van der Waals surface area contributed by atoms with E-state index >= 15 is 0 Å². The van der Waals surface area contributed by atoms with Crippen molar-refractivity contribution in [1.82, 2.24) is 15.2 Å². The Labute approximate surface area is 193 Å². The summed E-state index contributed by atoms with van der Waals surface area (Å²) in [7, 11) is 0. The summed E-state index contributed by atoms with van der Waals surface area (Å²) >= 11 is 7.74. The third-order valence-electron chi connectivity index (χ3n) is 5.58. The lowest BCUT2D eigenvalue weighted by molar-refractivity contribution is 0.0944. The Bertz CT molecular complexity index is 1340. The number of amides is 1. The van der Waals surface area contributed by atoms with Crippen molar-refractivity contribution >= 4 is 55.2 Å². The van der Waals surface area contributed by atoms with Crippen LogP contribution in [0, 0.1) is 0 Å². The molecule has 3 heterocycles. The lowest BCUT2D eigenvalue weighted by Crippen LogP contribution is -2.48. The van der Waals surface area contributed by atoms with Gasteiger partial charge in [-0.1, -0.05) is 41.1 Å². The Morgan fingerprint density at radius 1 is 1.12 bits per heavy atom.